The molecule has 1 aliphatic heterocycles. The zero-order valence-corrected chi connectivity index (χ0v) is 10.2. The molecule has 0 saturated carbocycles. The average Bonchev–Trinajstić information content (AvgIpc) is 2.38. The van der Waals surface area contributed by atoms with Gasteiger partial charge in [-0.25, -0.2) is 4.98 Å². The third kappa shape index (κ3) is 3.18. The van der Waals surface area contributed by atoms with Crippen LogP contribution in [0.2, 0.25) is 0 Å². The van der Waals surface area contributed by atoms with E-state index in [-0.39, 0.29) is 0 Å². The number of pyridine rings is 1. The number of hydrogen-bond acceptors (Lipinski definition) is 4. The van der Waals surface area contributed by atoms with Crippen molar-refractivity contribution in [1.29, 1.82) is 5.26 Å². The summed E-state index contributed by atoms with van der Waals surface area (Å²) in [5, 5.41) is 15.5. The Kier molecular flexibility index (Phi) is 3.60. The predicted octanol–water partition coefficient (Wildman–Crippen LogP) is 1.75. The van der Waals surface area contributed by atoms with Gasteiger partial charge in [-0.1, -0.05) is 6.92 Å². The van der Waals surface area contributed by atoms with E-state index < -0.39 is 0 Å². The number of nitriles is 1. The molecule has 2 N–H and O–H groups in total. The summed E-state index contributed by atoms with van der Waals surface area (Å²) in [5.74, 6) is 0. The van der Waals surface area contributed by atoms with Crippen molar-refractivity contribution in [1.82, 2.24) is 10.3 Å². The lowest BCUT2D eigenvalue weighted by Crippen LogP contribution is -2.42. The lowest BCUT2D eigenvalue weighted by molar-refractivity contribution is 0.253. The summed E-state index contributed by atoms with van der Waals surface area (Å²) in [7, 11) is 0. The van der Waals surface area contributed by atoms with Crippen LogP contribution < -0.4 is 10.6 Å². The lowest BCUT2D eigenvalue weighted by atomic mass is 9.83. The zero-order chi connectivity index (χ0) is 12.1. The molecular formula is C13H18N4. The third-order valence-corrected chi connectivity index (χ3v) is 3.28. The van der Waals surface area contributed by atoms with Crippen LogP contribution in [0.5, 0.6) is 0 Å². The van der Waals surface area contributed by atoms with E-state index in [1.807, 2.05) is 12.1 Å². The minimum atomic E-state index is 0.312. The maximum absolute atomic E-state index is 8.66. The standard InChI is InChI=1S/C13H18N4/c1-13(5-2-6-15-9-13)10-17-12-4-3-11(7-14)16-8-12/h3-4,8,15,17H,2,5-6,9-10H2,1H3. The minimum absolute atomic E-state index is 0.312. The SMILES string of the molecule is CC1(CNc2ccc(C#N)nc2)CCCNC1. The molecule has 1 atom stereocenters. The van der Waals surface area contributed by atoms with Crippen LogP contribution in [0.3, 0.4) is 0 Å². The predicted molar refractivity (Wildman–Crippen MR) is 67.7 cm³/mol. The van der Waals surface area contributed by atoms with Crippen LogP contribution in [0.4, 0.5) is 5.69 Å². The number of piperidine rings is 1. The third-order valence-electron chi connectivity index (χ3n) is 3.28. The summed E-state index contributed by atoms with van der Waals surface area (Å²) >= 11 is 0. The fourth-order valence-electron chi connectivity index (χ4n) is 2.15. The second-order valence-corrected chi connectivity index (χ2v) is 4.99. The fraction of sp³-hybridized carbons (Fsp3) is 0.538. The van der Waals surface area contributed by atoms with E-state index >= 15 is 0 Å². The van der Waals surface area contributed by atoms with E-state index in [9.17, 15) is 0 Å². The monoisotopic (exact) mass is 230 g/mol. The van der Waals surface area contributed by atoms with Crippen molar-refractivity contribution in [3.63, 3.8) is 0 Å². The molecule has 4 heteroatoms. The van der Waals surface area contributed by atoms with Crippen molar-refractivity contribution in [3.05, 3.63) is 24.0 Å². The molecule has 1 unspecified atom stereocenters. The molecule has 1 aromatic rings. The molecule has 0 aliphatic carbocycles. The first-order valence-electron chi connectivity index (χ1n) is 6.03. The molecule has 0 radical (unpaired) electrons. The van der Waals surface area contributed by atoms with Gasteiger partial charge in [-0.15, -0.1) is 0 Å². The smallest absolute Gasteiger partial charge is 0.140 e. The Hall–Kier alpha value is -1.60. The molecule has 4 nitrogen and oxygen atoms in total. The highest BCUT2D eigenvalue weighted by Gasteiger charge is 2.26. The van der Waals surface area contributed by atoms with Crippen LogP contribution in [-0.4, -0.2) is 24.6 Å². The van der Waals surface area contributed by atoms with Crippen molar-refractivity contribution >= 4 is 5.69 Å². The molecule has 2 heterocycles. The molecule has 17 heavy (non-hydrogen) atoms. The van der Waals surface area contributed by atoms with Crippen molar-refractivity contribution in [2.24, 2.45) is 5.41 Å². The Morgan fingerprint density at radius 3 is 3.06 bits per heavy atom. The minimum Gasteiger partial charge on any atom is -0.383 e. The lowest BCUT2D eigenvalue weighted by Gasteiger charge is -2.34. The summed E-state index contributed by atoms with van der Waals surface area (Å²) in [4.78, 5) is 4.04. The van der Waals surface area contributed by atoms with Gasteiger partial charge in [0.1, 0.15) is 11.8 Å². The highest BCUT2D eigenvalue weighted by Crippen LogP contribution is 2.25. The molecular weight excluding hydrogens is 212 g/mol. The molecule has 0 aromatic carbocycles. The summed E-state index contributed by atoms with van der Waals surface area (Å²) in [6.07, 6.45) is 4.21. The van der Waals surface area contributed by atoms with Crippen molar-refractivity contribution in [2.45, 2.75) is 19.8 Å². The van der Waals surface area contributed by atoms with E-state index in [1.165, 1.54) is 12.8 Å². The summed E-state index contributed by atoms with van der Waals surface area (Å²) < 4.78 is 0. The van der Waals surface area contributed by atoms with Crippen LogP contribution >= 0.6 is 0 Å². The van der Waals surface area contributed by atoms with Crippen LogP contribution in [-0.2, 0) is 0 Å². The Morgan fingerprint density at radius 2 is 2.47 bits per heavy atom. The van der Waals surface area contributed by atoms with Gasteiger partial charge in [-0.05, 0) is 36.9 Å². The van der Waals surface area contributed by atoms with Crippen LogP contribution in [0, 0.1) is 16.7 Å². The van der Waals surface area contributed by atoms with E-state index in [0.29, 0.717) is 11.1 Å². The highest BCUT2D eigenvalue weighted by molar-refractivity contribution is 5.42. The molecule has 2 rings (SSSR count). The van der Waals surface area contributed by atoms with Gasteiger partial charge < -0.3 is 10.6 Å². The summed E-state index contributed by atoms with van der Waals surface area (Å²) in [5.41, 5.74) is 1.75. The van der Waals surface area contributed by atoms with Gasteiger partial charge in [0.25, 0.3) is 0 Å². The second kappa shape index (κ2) is 5.15. The summed E-state index contributed by atoms with van der Waals surface area (Å²) in [6.45, 7) is 5.43. The van der Waals surface area contributed by atoms with E-state index in [1.54, 1.807) is 12.3 Å². The Labute approximate surface area is 102 Å². The van der Waals surface area contributed by atoms with Gasteiger partial charge in [0.2, 0.25) is 0 Å². The number of rotatable bonds is 3. The van der Waals surface area contributed by atoms with Gasteiger partial charge in [-0.3, -0.25) is 0 Å². The average molecular weight is 230 g/mol. The van der Waals surface area contributed by atoms with Crippen LogP contribution in [0.1, 0.15) is 25.5 Å². The Morgan fingerprint density at radius 1 is 1.59 bits per heavy atom. The van der Waals surface area contributed by atoms with Gasteiger partial charge in [0.15, 0.2) is 0 Å². The Bertz CT molecular complexity index is 398. The fourth-order valence-corrected chi connectivity index (χ4v) is 2.15. The van der Waals surface area contributed by atoms with Crippen molar-refractivity contribution in [2.75, 3.05) is 25.0 Å². The molecule has 1 aromatic heterocycles. The molecule has 1 saturated heterocycles. The topological polar surface area (TPSA) is 60.7 Å². The zero-order valence-electron chi connectivity index (χ0n) is 10.2. The van der Waals surface area contributed by atoms with E-state index in [2.05, 4.69) is 22.5 Å². The van der Waals surface area contributed by atoms with Crippen molar-refractivity contribution in [3.8, 4) is 6.07 Å². The quantitative estimate of drug-likeness (QED) is 0.830. The molecule has 1 fully saturated rings. The number of hydrogen-bond donors (Lipinski definition) is 2. The maximum Gasteiger partial charge on any atom is 0.140 e. The number of aromatic nitrogens is 1. The first-order chi connectivity index (χ1) is 8.22. The molecule has 0 bridgehead atoms. The second-order valence-electron chi connectivity index (χ2n) is 4.99. The maximum atomic E-state index is 8.66. The van der Waals surface area contributed by atoms with E-state index in [4.69, 9.17) is 5.26 Å². The molecule has 1 aliphatic rings. The van der Waals surface area contributed by atoms with Crippen LogP contribution in [0.25, 0.3) is 0 Å². The normalized spacial score (nSPS) is 24.0. The molecule has 0 spiro atoms. The van der Waals surface area contributed by atoms with Crippen LogP contribution in [0.15, 0.2) is 18.3 Å². The first-order valence-corrected chi connectivity index (χ1v) is 6.03. The number of nitrogens with zero attached hydrogens (tertiary/aromatic N) is 2. The summed E-state index contributed by atoms with van der Waals surface area (Å²) in [6, 6.07) is 5.67. The van der Waals surface area contributed by atoms with Gasteiger partial charge >= 0.3 is 0 Å². The largest absolute Gasteiger partial charge is 0.383 e. The highest BCUT2D eigenvalue weighted by atomic mass is 14.9. The molecule has 90 valence electrons. The van der Waals surface area contributed by atoms with Gasteiger partial charge in [0.05, 0.1) is 11.9 Å². The van der Waals surface area contributed by atoms with E-state index in [0.717, 1.165) is 25.3 Å². The molecule has 0 amide bonds. The Balaban J connectivity index is 1.90. The van der Waals surface area contributed by atoms with Gasteiger partial charge in [0, 0.05) is 13.1 Å². The van der Waals surface area contributed by atoms with Gasteiger partial charge in [-0.2, -0.15) is 5.26 Å². The number of anilines is 1. The van der Waals surface area contributed by atoms with Crippen molar-refractivity contribution < 1.29 is 0 Å². The first kappa shape index (κ1) is 11.9. The number of nitrogens with one attached hydrogen (secondary N) is 2.